The van der Waals surface area contributed by atoms with Gasteiger partial charge in [-0.25, -0.2) is 9.48 Å². The van der Waals surface area contributed by atoms with E-state index in [-0.39, 0.29) is 18.8 Å². The van der Waals surface area contributed by atoms with Gasteiger partial charge in [-0.15, -0.1) is 5.10 Å². The summed E-state index contributed by atoms with van der Waals surface area (Å²) in [6, 6.07) is 3.75. The van der Waals surface area contributed by atoms with Gasteiger partial charge in [0.15, 0.2) is 5.69 Å². The second kappa shape index (κ2) is 6.05. The van der Waals surface area contributed by atoms with Crippen LogP contribution >= 0.6 is 0 Å². The number of pyridine rings is 1. The van der Waals surface area contributed by atoms with E-state index in [2.05, 4.69) is 15.3 Å². The summed E-state index contributed by atoms with van der Waals surface area (Å²) in [6.07, 6.45) is 3.42. The van der Waals surface area contributed by atoms with Crippen molar-refractivity contribution in [3.05, 3.63) is 41.5 Å². The van der Waals surface area contributed by atoms with Crippen LogP contribution in [0.1, 0.15) is 28.7 Å². The molecule has 7 nitrogen and oxygen atoms in total. The SMILES string of the molecule is CCOC(=O)c1nnn(Cc2cccnc2)c1CN. The maximum absolute atomic E-state index is 11.7. The standard InChI is InChI=1S/C12H15N5O2/c1-2-19-12(18)11-10(6-13)17(16-15-11)8-9-4-3-5-14-7-9/h3-5,7H,2,6,8,13H2,1H3. The van der Waals surface area contributed by atoms with Crippen molar-refractivity contribution >= 4 is 5.97 Å². The molecule has 0 aliphatic rings. The lowest BCUT2D eigenvalue weighted by molar-refractivity contribution is 0.0518. The molecule has 0 fully saturated rings. The minimum Gasteiger partial charge on any atom is -0.461 e. The Bertz CT molecular complexity index is 553. The van der Waals surface area contributed by atoms with Crippen molar-refractivity contribution < 1.29 is 9.53 Å². The smallest absolute Gasteiger partial charge is 0.360 e. The maximum atomic E-state index is 11.7. The predicted octanol–water partition coefficient (Wildman–Crippen LogP) is 0.357. The maximum Gasteiger partial charge on any atom is 0.360 e. The van der Waals surface area contributed by atoms with Gasteiger partial charge in [0.1, 0.15) is 0 Å². The molecule has 0 aliphatic carbocycles. The number of hydrogen-bond acceptors (Lipinski definition) is 6. The molecule has 2 aromatic rings. The molecule has 2 N–H and O–H groups in total. The van der Waals surface area contributed by atoms with Crippen LogP contribution in [-0.4, -0.2) is 32.6 Å². The molecular formula is C12H15N5O2. The van der Waals surface area contributed by atoms with Gasteiger partial charge < -0.3 is 10.5 Å². The van der Waals surface area contributed by atoms with Gasteiger partial charge in [0.25, 0.3) is 0 Å². The highest BCUT2D eigenvalue weighted by molar-refractivity contribution is 5.88. The first-order valence-electron chi connectivity index (χ1n) is 5.94. The summed E-state index contributed by atoms with van der Waals surface area (Å²) in [7, 11) is 0. The van der Waals surface area contributed by atoms with Crippen LogP contribution in [0.5, 0.6) is 0 Å². The highest BCUT2D eigenvalue weighted by atomic mass is 16.5. The lowest BCUT2D eigenvalue weighted by Crippen LogP contribution is -2.14. The zero-order chi connectivity index (χ0) is 13.7. The van der Waals surface area contributed by atoms with Crippen molar-refractivity contribution in [2.24, 2.45) is 5.73 Å². The molecule has 0 saturated carbocycles. The molecule has 0 atom stereocenters. The molecule has 0 saturated heterocycles. The monoisotopic (exact) mass is 261 g/mol. The molecule has 7 heteroatoms. The Labute approximate surface area is 110 Å². The van der Waals surface area contributed by atoms with Gasteiger partial charge in [-0.1, -0.05) is 11.3 Å². The molecule has 0 bridgehead atoms. The Kier molecular flexibility index (Phi) is 4.19. The Morgan fingerprint density at radius 2 is 2.37 bits per heavy atom. The van der Waals surface area contributed by atoms with E-state index in [0.29, 0.717) is 12.2 Å². The fourth-order valence-electron chi connectivity index (χ4n) is 1.68. The average molecular weight is 261 g/mol. The van der Waals surface area contributed by atoms with E-state index in [4.69, 9.17) is 10.5 Å². The van der Waals surface area contributed by atoms with Crippen LogP contribution in [0.2, 0.25) is 0 Å². The summed E-state index contributed by atoms with van der Waals surface area (Å²) in [4.78, 5) is 15.7. The van der Waals surface area contributed by atoms with Gasteiger partial charge in [-0.05, 0) is 18.6 Å². The number of carbonyl (C=O) groups is 1. The molecule has 0 spiro atoms. The molecule has 2 rings (SSSR count). The number of ether oxygens (including phenoxy) is 1. The van der Waals surface area contributed by atoms with Crippen LogP contribution in [0.25, 0.3) is 0 Å². The molecule has 2 aromatic heterocycles. The first-order valence-corrected chi connectivity index (χ1v) is 5.94. The second-order valence-electron chi connectivity index (χ2n) is 3.83. The van der Waals surface area contributed by atoms with E-state index in [0.717, 1.165) is 5.56 Å². The van der Waals surface area contributed by atoms with E-state index in [9.17, 15) is 4.79 Å². The first-order chi connectivity index (χ1) is 9.26. The molecule has 0 radical (unpaired) electrons. The Hall–Kier alpha value is -2.28. The lowest BCUT2D eigenvalue weighted by atomic mass is 10.2. The minimum atomic E-state index is -0.500. The highest BCUT2D eigenvalue weighted by Gasteiger charge is 2.19. The fraction of sp³-hybridized carbons (Fsp3) is 0.333. The number of nitrogens with two attached hydrogens (primary N) is 1. The van der Waals surface area contributed by atoms with Gasteiger partial charge in [0.05, 0.1) is 18.8 Å². The van der Waals surface area contributed by atoms with Crippen LogP contribution in [0.3, 0.4) is 0 Å². The van der Waals surface area contributed by atoms with Gasteiger partial charge in [0, 0.05) is 18.9 Å². The van der Waals surface area contributed by atoms with Crippen molar-refractivity contribution in [2.75, 3.05) is 6.61 Å². The number of nitrogens with zero attached hydrogens (tertiary/aromatic N) is 4. The number of rotatable bonds is 5. The van der Waals surface area contributed by atoms with Crippen LogP contribution in [0, 0.1) is 0 Å². The van der Waals surface area contributed by atoms with E-state index in [1.165, 1.54) is 0 Å². The normalized spacial score (nSPS) is 10.4. The summed E-state index contributed by atoms with van der Waals surface area (Å²) >= 11 is 0. The molecule has 0 aromatic carbocycles. The third-order valence-electron chi connectivity index (χ3n) is 2.55. The summed E-state index contributed by atoms with van der Waals surface area (Å²) in [5.74, 6) is -0.500. The van der Waals surface area contributed by atoms with Crippen molar-refractivity contribution in [1.29, 1.82) is 0 Å². The van der Waals surface area contributed by atoms with Crippen molar-refractivity contribution in [1.82, 2.24) is 20.0 Å². The average Bonchev–Trinajstić information content (AvgIpc) is 2.83. The van der Waals surface area contributed by atoms with Crippen LogP contribution in [0.4, 0.5) is 0 Å². The highest BCUT2D eigenvalue weighted by Crippen LogP contribution is 2.09. The van der Waals surface area contributed by atoms with E-state index in [1.54, 1.807) is 24.0 Å². The van der Waals surface area contributed by atoms with Gasteiger partial charge in [-0.2, -0.15) is 0 Å². The zero-order valence-electron chi connectivity index (χ0n) is 10.6. The van der Waals surface area contributed by atoms with Gasteiger partial charge in [-0.3, -0.25) is 4.98 Å². The topological polar surface area (TPSA) is 95.9 Å². The minimum absolute atomic E-state index is 0.168. The Balaban J connectivity index is 2.25. The van der Waals surface area contributed by atoms with E-state index >= 15 is 0 Å². The van der Waals surface area contributed by atoms with Gasteiger partial charge >= 0.3 is 5.97 Å². The molecule has 2 heterocycles. The third-order valence-corrected chi connectivity index (χ3v) is 2.55. The summed E-state index contributed by atoms with van der Waals surface area (Å²) in [5.41, 5.74) is 7.35. The molecule has 0 amide bonds. The largest absolute Gasteiger partial charge is 0.461 e. The lowest BCUT2D eigenvalue weighted by Gasteiger charge is -2.05. The molecular weight excluding hydrogens is 246 g/mol. The van der Waals surface area contributed by atoms with Crippen LogP contribution in [-0.2, 0) is 17.8 Å². The molecule has 100 valence electrons. The second-order valence-corrected chi connectivity index (χ2v) is 3.83. The van der Waals surface area contributed by atoms with Gasteiger partial charge in [0.2, 0.25) is 0 Å². The summed E-state index contributed by atoms with van der Waals surface area (Å²) in [5, 5.41) is 7.78. The van der Waals surface area contributed by atoms with Crippen LogP contribution < -0.4 is 5.73 Å². The Morgan fingerprint density at radius 3 is 3.00 bits per heavy atom. The quantitative estimate of drug-likeness (QED) is 0.780. The Morgan fingerprint density at radius 1 is 1.53 bits per heavy atom. The molecule has 0 unspecified atom stereocenters. The van der Waals surface area contributed by atoms with Crippen LogP contribution in [0.15, 0.2) is 24.5 Å². The summed E-state index contributed by atoms with van der Waals surface area (Å²) < 4.78 is 6.50. The number of aromatic nitrogens is 4. The number of carbonyl (C=O) groups excluding carboxylic acids is 1. The fourth-order valence-corrected chi connectivity index (χ4v) is 1.68. The molecule has 0 aliphatic heterocycles. The summed E-state index contributed by atoms with van der Waals surface area (Å²) in [6.45, 7) is 2.66. The number of esters is 1. The zero-order valence-corrected chi connectivity index (χ0v) is 10.6. The van der Waals surface area contributed by atoms with E-state index < -0.39 is 5.97 Å². The van der Waals surface area contributed by atoms with E-state index in [1.807, 2.05) is 12.1 Å². The van der Waals surface area contributed by atoms with Crippen molar-refractivity contribution in [2.45, 2.75) is 20.0 Å². The molecule has 19 heavy (non-hydrogen) atoms. The predicted molar refractivity (Wildman–Crippen MR) is 67.2 cm³/mol. The van der Waals surface area contributed by atoms with Crippen molar-refractivity contribution in [3.8, 4) is 0 Å². The number of hydrogen-bond donors (Lipinski definition) is 1. The first kappa shape index (κ1) is 13.2. The van der Waals surface area contributed by atoms with Crippen molar-refractivity contribution in [3.63, 3.8) is 0 Å². The third kappa shape index (κ3) is 2.94.